The van der Waals surface area contributed by atoms with Crippen LogP contribution in [0.5, 0.6) is 0 Å². The maximum Gasteiger partial charge on any atom is 0.143 e. The van der Waals surface area contributed by atoms with Crippen molar-refractivity contribution in [1.29, 1.82) is 0 Å². The van der Waals surface area contributed by atoms with E-state index in [0.717, 1.165) is 65.8 Å². The van der Waals surface area contributed by atoms with E-state index in [1.54, 1.807) is 0 Å². The van der Waals surface area contributed by atoms with Crippen LogP contribution < -0.4 is 0 Å². The Hall–Kier alpha value is -5.94. The lowest BCUT2D eigenvalue weighted by Crippen LogP contribution is -1.76. The summed E-state index contributed by atoms with van der Waals surface area (Å²) in [6.45, 7) is 0. The van der Waals surface area contributed by atoms with Crippen molar-refractivity contribution in [2.24, 2.45) is 0 Å². The molecule has 0 bridgehead atoms. The molecule has 0 aliphatic carbocycles. The molecule has 50 heavy (non-hydrogen) atoms. The van der Waals surface area contributed by atoms with Crippen molar-refractivity contribution < 1.29 is 8.83 Å². The van der Waals surface area contributed by atoms with Crippen LogP contribution in [0.25, 0.3) is 118 Å². The highest BCUT2D eigenvalue weighted by molar-refractivity contribution is 7.27. The summed E-state index contributed by atoms with van der Waals surface area (Å²) in [5.41, 5.74) is 5.89. The molecule has 0 aliphatic rings. The Morgan fingerprint density at radius 1 is 0.340 bits per heavy atom. The van der Waals surface area contributed by atoms with Crippen LogP contribution in [0.3, 0.4) is 0 Å². The van der Waals surface area contributed by atoms with Crippen molar-refractivity contribution in [3.8, 4) is 0 Å². The lowest BCUT2D eigenvalue weighted by Gasteiger charge is -2.01. The average Bonchev–Trinajstić information content (AvgIpc) is 3.93. The molecule has 8 aromatic carbocycles. The van der Waals surface area contributed by atoms with Gasteiger partial charge in [0.05, 0.1) is 0 Å². The van der Waals surface area contributed by atoms with Crippen LogP contribution in [0.4, 0.5) is 0 Å². The minimum absolute atomic E-state index is 0.901. The molecule has 0 N–H and O–H groups in total. The Morgan fingerprint density at radius 2 is 0.700 bits per heavy atom. The second kappa shape index (κ2) is 9.82. The Labute approximate surface area is 292 Å². The first kappa shape index (κ1) is 26.9. The van der Waals surface area contributed by atoms with E-state index < -0.39 is 0 Å². The normalized spacial score (nSPS) is 12.7. The van der Waals surface area contributed by atoms with Gasteiger partial charge in [0.2, 0.25) is 0 Å². The van der Waals surface area contributed by atoms with Gasteiger partial charge in [-0.15, -0.1) is 22.7 Å². The lowest BCUT2D eigenvalue weighted by atomic mass is 10.0. The zero-order valence-electron chi connectivity index (χ0n) is 26.5. The van der Waals surface area contributed by atoms with Crippen LogP contribution in [-0.2, 0) is 0 Å². The molecule has 0 saturated heterocycles. The molecule has 0 saturated carbocycles. The van der Waals surface area contributed by atoms with E-state index >= 15 is 0 Å². The topological polar surface area (TPSA) is 26.3 Å². The molecule has 0 atom stereocenters. The number of benzene rings is 8. The third kappa shape index (κ3) is 3.67. The Balaban J connectivity index is 0.930. The lowest BCUT2D eigenvalue weighted by molar-refractivity contribution is 0.672. The number of hydrogen-bond donors (Lipinski definition) is 0. The van der Waals surface area contributed by atoms with E-state index in [4.69, 9.17) is 8.83 Å². The molecular formula is C46H24O2S2. The van der Waals surface area contributed by atoms with Gasteiger partial charge in [0.1, 0.15) is 22.3 Å². The number of fused-ring (bicyclic) bond motifs is 18. The number of thiophene rings is 2. The minimum Gasteiger partial charge on any atom is -0.455 e. The molecule has 4 heterocycles. The van der Waals surface area contributed by atoms with E-state index in [9.17, 15) is 0 Å². The molecule has 0 unspecified atom stereocenters. The van der Waals surface area contributed by atoms with Crippen molar-refractivity contribution in [1.82, 2.24) is 0 Å². The molecule has 232 valence electrons. The van der Waals surface area contributed by atoms with Gasteiger partial charge in [-0.25, -0.2) is 0 Å². The van der Waals surface area contributed by atoms with Crippen LogP contribution >= 0.6 is 22.7 Å². The van der Waals surface area contributed by atoms with Gasteiger partial charge in [-0.2, -0.15) is 0 Å². The van der Waals surface area contributed by atoms with Gasteiger partial charge in [-0.05, 0) is 71.8 Å². The largest absolute Gasteiger partial charge is 0.455 e. The van der Waals surface area contributed by atoms with Crippen LogP contribution in [0, 0.1) is 0 Å². The van der Waals surface area contributed by atoms with E-state index in [2.05, 4.69) is 146 Å². The van der Waals surface area contributed by atoms with Crippen molar-refractivity contribution in [3.63, 3.8) is 0 Å². The highest BCUT2D eigenvalue weighted by Gasteiger charge is 2.16. The SMILES string of the molecule is C(=C\c1ccc2c(c1)oc1c2ccc2c1ccc1c3ccccc3sc12)/c1ccc2c(c1)oc1c2ccc2c1ccc1c3ccccc3sc12. The predicted molar refractivity (Wildman–Crippen MR) is 217 cm³/mol. The van der Waals surface area contributed by atoms with Gasteiger partial charge in [0.25, 0.3) is 0 Å². The van der Waals surface area contributed by atoms with Gasteiger partial charge < -0.3 is 8.83 Å². The first-order valence-corrected chi connectivity index (χ1v) is 18.5. The number of hydrogen-bond acceptors (Lipinski definition) is 4. The summed E-state index contributed by atoms with van der Waals surface area (Å²) >= 11 is 3.72. The van der Waals surface area contributed by atoms with Crippen LogP contribution in [0.15, 0.2) is 142 Å². The summed E-state index contributed by atoms with van der Waals surface area (Å²) in [6.07, 6.45) is 4.31. The van der Waals surface area contributed by atoms with Crippen molar-refractivity contribution >= 4 is 141 Å². The fourth-order valence-corrected chi connectivity index (χ4v) is 10.5. The molecule has 12 rings (SSSR count). The number of rotatable bonds is 2. The first-order valence-electron chi connectivity index (χ1n) is 16.8. The molecule has 0 amide bonds. The highest BCUT2D eigenvalue weighted by Crippen LogP contribution is 2.44. The zero-order chi connectivity index (χ0) is 32.5. The smallest absolute Gasteiger partial charge is 0.143 e. The maximum absolute atomic E-state index is 6.61. The van der Waals surface area contributed by atoms with Gasteiger partial charge in [0.15, 0.2) is 0 Å². The van der Waals surface area contributed by atoms with Crippen LogP contribution in [0.2, 0.25) is 0 Å². The number of furan rings is 2. The molecule has 12 aromatic rings. The summed E-state index contributed by atoms with van der Waals surface area (Å²) in [7, 11) is 0. The molecule has 4 aromatic heterocycles. The molecule has 0 radical (unpaired) electrons. The van der Waals surface area contributed by atoms with Crippen molar-refractivity contribution in [3.05, 3.63) is 145 Å². The van der Waals surface area contributed by atoms with E-state index in [-0.39, 0.29) is 0 Å². The zero-order valence-corrected chi connectivity index (χ0v) is 28.1. The average molecular weight is 673 g/mol. The summed E-state index contributed by atoms with van der Waals surface area (Å²) < 4.78 is 18.5. The van der Waals surface area contributed by atoms with Gasteiger partial charge >= 0.3 is 0 Å². The first-order chi connectivity index (χ1) is 24.7. The molecule has 4 heteroatoms. The van der Waals surface area contributed by atoms with E-state index in [1.807, 2.05) is 22.7 Å². The molecular weight excluding hydrogens is 649 g/mol. The van der Waals surface area contributed by atoms with Crippen LogP contribution in [-0.4, -0.2) is 0 Å². The summed E-state index contributed by atoms with van der Waals surface area (Å²) in [4.78, 5) is 0. The van der Waals surface area contributed by atoms with Crippen LogP contribution in [0.1, 0.15) is 11.1 Å². The summed E-state index contributed by atoms with van der Waals surface area (Å²) in [5, 5.41) is 14.7. The Kier molecular flexibility index (Phi) is 5.29. The standard InChI is InChI=1S/C46H24O2S2/c1-3-7-41-29(5-1)35-19-17-33-37(45(35)49-41)21-15-31-27-13-11-25(23-39(27)47-43(31)33)9-10-26-12-14-28-32-16-22-38-34(44(32)48-40(28)24-26)18-20-36-30-6-2-4-8-42(30)50-46(36)38/h1-24H/b10-9+. The maximum atomic E-state index is 6.61. The van der Waals surface area contributed by atoms with Crippen molar-refractivity contribution in [2.75, 3.05) is 0 Å². The van der Waals surface area contributed by atoms with Crippen molar-refractivity contribution in [2.45, 2.75) is 0 Å². The monoisotopic (exact) mass is 672 g/mol. The summed E-state index contributed by atoms with van der Waals surface area (Å²) in [6, 6.07) is 48.3. The third-order valence-electron chi connectivity index (χ3n) is 10.5. The second-order valence-corrected chi connectivity index (χ2v) is 15.3. The molecule has 0 spiro atoms. The van der Waals surface area contributed by atoms with Gasteiger partial charge in [-0.1, -0.05) is 84.9 Å². The Morgan fingerprint density at radius 3 is 1.16 bits per heavy atom. The quantitative estimate of drug-likeness (QED) is 0.171. The highest BCUT2D eigenvalue weighted by atomic mass is 32.1. The molecule has 0 aliphatic heterocycles. The third-order valence-corrected chi connectivity index (χ3v) is 12.9. The Bertz CT molecular complexity index is 3210. The van der Waals surface area contributed by atoms with E-state index in [0.29, 0.717) is 0 Å². The molecule has 0 fully saturated rings. The fraction of sp³-hybridized carbons (Fsp3) is 0. The minimum atomic E-state index is 0.901. The fourth-order valence-electron chi connectivity index (χ4n) is 8.08. The van der Waals surface area contributed by atoms with E-state index in [1.165, 1.54) is 51.1 Å². The molecule has 2 nitrogen and oxygen atoms in total. The second-order valence-electron chi connectivity index (χ2n) is 13.2. The predicted octanol–water partition coefficient (Wildman–Crippen LogP) is 14.7. The van der Waals surface area contributed by atoms with Gasteiger partial charge in [0, 0.05) is 83.4 Å². The van der Waals surface area contributed by atoms with Gasteiger partial charge in [-0.3, -0.25) is 0 Å². The summed E-state index contributed by atoms with van der Waals surface area (Å²) in [5.74, 6) is 0.